The Morgan fingerprint density at radius 3 is 2.67 bits per heavy atom. The molecule has 0 aromatic heterocycles. The van der Waals surface area contributed by atoms with Crippen LogP contribution in [0.5, 0.6) is 0 Å². The fourth-order valence-corrected chi connectivity index (χ4v) is 1.17. The van der Waals surface area contributed by atoms with Gasteiger partial charge in [0.2, 0.25) is 0 Å². The summed E-state index contributed by atoms with van der Waals surface area (Å²) >= 11 is 5.75. The second-order valence-corrected chi connectivity index (χ2v) is 3.90. The molecule has 0 heterocycles. The summed E-state index contributed by atoms with van der Waals surface area (Å²) in [5.74, 6) is 0. The van der Waals surface area contributed by atoms with Gasteiger partial charge in [0.15, 0.2) is 0 Å². The van der Waals surface area contributed by atoms with E-state index in [0.29, 0.717) is 16.4 Å². The highest BCUT2D eigenvalue weighted by Crippen LogP contribution is 2.22. The molecule has 5 heteroatoms. The van der Waals surface area contributed by atoms with Gasteiger partial charge < -0.3 is 16.4 Å². The molecule has 0 saturated heterocycles. The van der Waals surface area contributed by atoms with Gasteiger partial charge in [0.05, 0.1) is 10.7 Å². The highest BCUT2D eigenvalue weighted by molar-refractivity contribution is 6.33. The Hall–Kier alpha value is -1.42. The lowest BCUT2D eigenvalue weighted by Gasteiger charge is -2.10. The van der Waals surface area contributed by atoms with Crippen LogP contribution in [0.4, 0.5) is 16.2 Å². The summed E-state index contributed by atoms with van der Waals surface area (Å²) in [6, 6.07) is 4.78. The van der Waals surface area contributed by atoms with Crippen LogP contribution in [0, 0.1) is 0 Å². The van der Waals surface area contributed by atoms with Crippen LogP contribution in [0.2, 0.25) is 5.02 Å². The third kappa shape index (κ3) is 3.67. The van der Waals surface area contributed by atoms with Gasteiger partial charge in [-0.1, -0.05) is 11.6 Å². The molecule has 0 aliphatic carbocycles. The molecule has 1 aromatic rings. The third-order valence-corrected chi connectivity index (χ3v) is 2.02. The number of anilines is 2. The number of halogens is 1. The van der Waals surface area contributed by atoms with Crippen molar-refractivity contribution < 1.29 is 4.79 Å². The molecule has 0 fully saturated rings. The van der Waals surface area contributed by atoms with E-state index in [1.165, 1.54) is 0 Å². The van der Waals surface area contributed by atoms with Crippen LogP contribution in [-0.2, 0) is 0 Å². The van der Waals surface area contributed by atoms with Crippen LogP contribution in [-0.4, -0.2) is 12.1 Å². The number of carbonyl (C=O) groups is 1. The van der Waals surface area contributed by atoms with Gasteiger partial charge in [-0.3, -0.25) is 0 Å². The molecule has 1 aromatic carbocycles. The first-order valence-corrected chi connectivity index (χ1v) is 4.99. The molecule has 4 nitrogen and oxygen atoms in total. The average molecular weight is 228 g/mol. The Labute approximate surface area is 93.8 Å². The van der Waals surface area contributed by atoms with Crippen LogP contribution < -0.4 is 16.4 Å². The number of nitrogens with one attached hydrogen (secondary N) is 2. The van der Waals surface area contributed by atoms with Gasteiger partial charge >= 0.3 is 6.03 Å². The number of amides is 2. The zero-order valence-corrected chi connectivity index (χ0v) is 9.43. The van der Waals surface area contributed by atoms with Gasteiger partial charge in [-0.05, 0) is 32.0 Å². The Kier molecular flexibility index (Phi) is 3.80. The van der Waals surface area contributed by atoms with Crippen LogP contribution in [0.3, 0.4) is 0 Å². The van der Waals surface area contributed by atoms with Crippen LogP contribution in [0.25, 0.3) is 0 Å². The Bertz CT molecular complexity index is 366. The molecule has 0 saturated carbocycles. The minimum absolute atomic E-state index is 0.0923. The number of rotatable bonds is 2. The summed E-state index contributed by atoms with van der Waals surface area (Å²) < 4.78 is 0. The summed E-state index contributed by atoms with van der Waals surface area (Å²) in [7, 11) is 0. The number of benzene rings is 1. The fourth-order valence-electron chi connectivity index (χ4n) is 1.05. The van der Waals surface area contributed by atoms with Crippen molar-refractivity contribution in [1.29, 1.82) is 0 Å². The number of urea groups is 1. The van der Waals surface area contributed by atoms with Gasteiger partial charge in [0, 0.05) is 11.7 Å². The fraction of sp³-hybridized carbons (Fsp3) is 0.300. The molecule has 4 N–H and O–H groups in total. The van der Waals surface area contributed by atoms with E-state index in [0.717, 1.165) is 0 Å². The molecule has 15 heavy (non-hydrogen) atoms. The summed E-state index contributed by atoms with van der Waals surface area (Å²) in [6.07, 6.45) is 0. The number of carbonyl (C=O) groups excluding carboxylic acids is 1. The van der Waals surface area contributed by atoms with Gasteiger partial charge in [-0.25, -0.2) is 4.79 Å². The van der Waals surface area contributed by atoms with Crippen molar-refractivity contribution in [3.63, 3.8) is 0 Å². The van der Waals surface area contributed by atoms with E-state index in [4.69, 9.17) is 17.3 Å². The summed E-state index contributed by atoms with van der Waals surface area (Å²) in [5, 5.41) is 5.83. The van der Waals surface area contributed by atoms with Crippen molar-refractivity contribution >= 4 is 29.0 Å². The highest BCUT2D eigenvalue weighted by atomic mass is 35.5. The summed E-state index contributed by atoms with van der Waals surface area (Å²) in [4.78, 5) is 11.3. The van der Waals surface area contributed by atoms with Gasteiger partial charge in [-0.2, -0.15) is 0 Å². The largest absolute Gasteiger partial charge is 0.397 e. The number of nitrogen functional groups attached to an aromatic ring is 1. The lowest BCUT2D eigenvalue weighted by atomic mass is 10.3. The monoisotopic (exact) mass is 227 g/mol. The van der Waals surface area contributed by atoms with E-state index in [1.54, 1.807) is 18.2 Å². The lowest BCUT2D eigenvalue weighted by molar-refractivity contribution is 0.250. The molecule has 0 radical (unpaired) electrons. The molecule has 0 unspecified atom stereocenters. The quantitative estimate of drug-likeness (QED) is 0.680. The van der Waals surface area contributed by atoms with E-state index < -0.39 is 0 Å². The van der Waals surface area contributed by atoms with Gasteiger partial charge in [-0.15, -0.1) is 0 Å². The van der Waals surface area contributed by atoms with E-state index in [9.17, 15) is 4.79 Å². The second kappa shape index (κ2) is 4.89. The smallest absolute Gasteiger partial charge is 0.319 e. The SMILES string of the molecule is CC(C)NC(=O)Nc1ccc(Cl)c(N)c1. The molecule has 0 atom stereocenters. The van der Waals surface area contributed by atoms with Crippen LogP contribution in [0.15, 0.2) is 18.2 Å². The summed E-state index contributed by atoms with van der Waals surface area (Å²) in [6.45, 7) is 3.77. The summed E-state index contributed by atoms with van der Waals surface area (Å²) in [5.41, 5.74) is 6.66. The predicted molar refractivity (Wildman–Crippen MR) is 63.2 cm³/mol. The average Bonchev–Trinajstić information content (AvgIpc) is 2.10. The van der Waals surface area contributed by atoms with Crippen molar-refractivity contribution in [2.24, 2.45) is 0 Å². The predicted octanol–water partition coefficient (Wildman–Crippen LogP) is 2.45. The van der Waals surface area contributed by atoms with Crippen LogP contribution >= 0.6 is 11.6 Å². The zero-order valence-electron chi connectivity index (χ0n) is 8.67. The maximum atomic E-state index is 11.3. The van der Waals surface area contributed by atoms with Crippen molar-refractivity contribution in [3.05, 3.63) is 23.2 Å². The molecule has 0 aliphatic rings. The number of hydrogen-bond donors (Lipinski definition) is 3. The minimum Gasteiger partial charge on any atom is -0.397 e. The standard InChI is InChI=1S/C10H14ClN3O/c1-6(2)13-10(15)14-7-3-4-8(11)9(12)5-7/h3-6H,12H2,1-2H3,(H2,13,14,15). The zero-order chi connectivity index (χ0) is 11.4. The van der Waals surface area contributed by atoms with Crippen molar-refractivity contribution in [1.82, 2.24) is 5.32 Å². The maximum Gasteiger partial charge on any atom is 0.319 e. The van der Waals surface area contributed by atoms with E-state index in [-0.39, 0.29) is 12.1 Å². The lowest BCUT2D eigenvalue weighted by Crippen LogP contribution is -2.34. The molecule has 0 spiro atoms. The molecule has 1 rings (SSSR count). The number of hydrogen-bond acceptors (Lipinski definition) is 2. The first kappa shape index (κ1) is 11.7. The van der Waals surface area contributed by atoms with E-state index in [2.05, 4.69) is 10.6 Å². The van der Waals surface area contributed by atoms with Gasteiger partial charge in [0.25, 0.3) is 0 Å². The van der Waals surface area contributed by atoms with E-state index >= 15 is 0 Å². The first-order valence-electron chi connectivity index (χ1n) is 4.61. The molecule has 0 bridgehead atoms. The molecule has 82 valence electrons. The van der Waals surface area contributed by atoms with Crippen molar-refractivity contribution in [3.8, 4) is 0 Å². The Morgan fingerprint density at radius 2 is 2.13 bits per heavy atom. The molecular formula is C10H14ClN3O. The second-order valence-electron chi connectivity index (χ2n) is 3.49. The van der Waals surface area contributed by atoms with Crippen molar-refractivity contribution in [2.75, 3.05) is 11.1 Å². The Balaban J connectivity index is 2.65. The van der Waals surface area contributed by atoms with Gasteiger partial charge in [0.1, 0.15) is 0 Å². The molecule has 2 amide bonds. The Morgan fingerprint density at radius 1 is 1.47 bits per heavy atom. The topological polar surface area (TPSA) is 67.2 Å². The van der Waals surface area contributed by atoms with Crippen molar-refractivity contribution in [2.45, 2.75) is 19.9 Å². The van der Waals surface area contributed by atoms with Crippen LogP contribution in [0.1, 0.15) is 13.8 Å². The number of nitrogens with two attached hydrogens (primary N) is 1. The third-order valence-electron chi connectivity index (χ3n) is 1.67. The molecular weight excluding hydrogens is 214 g/mol. The first-order chi connectivity index (χ1) is 6.99. The van der Waals surface area contributed by atoms with E-state index in [1.807, 2.05) is 13.8 Å². The highest BCUT2D eigenvalue weighted by Gasteiger charge is 2.04. The molecule has 0 aliphatic heterocycles. The minimum atomic E-state index is -0.258. The maximum absolute atomic E-state index is 11.3. The normalized spacial score (nSPS) is 10.1.